The first-order chi connectivity index (χ1) is 14.3. The van der Waals surface area contributed by atoms with Crippen LogP contribution in [0, 0.1) is 5.41 Å². The van der Waals surface area contributed by atoms with E-state index in [4.69, 9.17) is 9.47 Å². The second-order valence-corrected chi connectivity index (χ2v) is 8.00. The molecule has 1 heterocycles. The molecule has 2 atom stereocenters. The van der Waals surface area contributed by atoms with Gasteiger partial charge >= 0.3 is 18.2 Å². The highest BCUT2D eigenvalue weighted by Crippen LogP contribution is 2.36. The van der Waals surface area contributed by atoms with Crippen LogP contribution in [0.25, 0.3) is 0 Å². The third kappa shape index (κ3) is 5.93. The van der Waals surface area contributed by atoms with E-state index in [-0.39, 0.29) is 18.7 Å². The van der Waals surface area contributed by atoms with Crippen LogP contribution in [0.15, 0.2) is 18.2 Å². The number of rotatable bonds is 7. The monoisotopic (exact) mass is 448 g/mol. The summed E-state index contributed by atoms with van der Waals surface area (Å²) in [6.45, 7) is 4.87. The number of amides is 1. The first kappa shape index (κ1) is 24.6. The summed E-state index contributed by atoms with van der Waals surface area (Å²) in [6.07, 6.45) is -6.19. The van der Waals surface area contributed by atoms with E-state index in [1.165, 1.54) is 18.2 Å². The van der Waals surface area contributed by atoms with Crippen molar-refractivity contribution >= 4 is 23.4 Å². The SMILES string of the molecule is CCOC(=O)[C@](C)(CO)C[C@H]1CNc2cc(NC(=O)OC(C)(C)C(F)(F)F)ccc2O1. The summed E-state index contributed by atoms with van der Waals surface area (Å²) in [5.74, 6) is -0.0957. The van der Waals surface area contributed by atoms with E-state index in [2.05, 4.69) is 15.4 Å². The van der Waals surface area contributed by atoms with Crippen LogP contribution in [-0.4, -0.2) is 54.8 Å². The van der Waals surface area contributed by atoms with Crippen LogP contribution in [0.2, 0.25) is 0 Å². The molecule has 0 bridgehead atoms. The number of anilines is 2. The lowest BCUT2D eigenvalue weighted by molar-refractivity contribution is -0.242. The Morgan fingerprint density at radius 2 is 1.97 bits per heavy atom. The molecule has 1 aromatic rings. The molecular weight excluding hydrogens is 421 g/mol. The van der Waals surface area contributed by atoms with Crippen LogP contribution in [-0.2, 0) is 14.3 Å². The number of carbonyl (C=O) groups is 2. The number of hydrogen-bond donors (Lipinski definition) is 3. The fourth-order valence-corrected chi connectivity index (χ4v) is 2.86. The molecule has 0 radical (unpaired) electrons. The first-order valence-electron chi connectivity index (χ1n) is 9.70. The van der Waals surface area contributed by atoms with E-state index >= 15 is 0 Å². The van der Waals surface area contributed by atoms with Gasteiger partial charge in [-0.2, -0.15) is 13.2 Å². The van der Waals surface area contributed by atoms with Crippen molar-refractivity contribution in [1.82, 2.24) is 0 Å². The second-order valence-electron chi connectivity index (χ2n) is 8.00. The highest BCUT2D eigenvalue weighted by Gasteiger charge is 2.51. The lowest BCUT2D eigenvalue weighted by Crippen LogP contribution is -2.44. The standard InChI is InChI=1S/C20H27F3N2O6/c1-5-29-16(27)19(4,11-26)9-13-10-24-14-8-12(6-7-15(14)30-13)25-17(28)31-18(2,3)20(21,22)23/h6-8,13,24,26H,5,9-11H2,1-4H3,(H,25,28)/t13-,19-/m0/s1. The lowest BCUT2D eigenvalue weighted by atomic mass is 9.85. The summed E-state index contributed by atoms with van der Waals surface area (Å²) in [5, 5.41) is 15.0. The molecule has 1 amide bonds. The van der Waals surface area contributed by atoms with Crippen molar-refractivity contribution in [3.63, 3.8) is 0 Å². The smallest absolute Gasteiger partial charge is 0.427 e. The summed E-state index contributed by atoms with van der Waals surface area (Å²) in [4.78, 5) is 24.0. The Balaban J connectivity index is 2.03. The van der Waals surface area contributed by atoms with Gasteiger partial charge in [0.25, 0.3) is 0 Å². The summed E-state index contributed by atoms with van der Waals surface area (Å²) >= 11 is 0. The van der Waals surface area contributed by atoms with Gasteiger partial charge in [-0.05, 0) is 45.9 Å². The Kier molecular flexibility index (Phi) is 7.30. The van der Waals surface area contributed by atoms with Crippen molar-refractivity contribution < 1.29 is 42.1 Å². The fourth-order valence-electron chi connectivity index (χ4n) is 2.86. The van der Waals surface area contributed by atoms with Gasteiger partial charge in [-0.3, -0.25) is 10.1 Å². The van der Waals surface area contributed by atoms with E-state index in [1.807, 2.05) is 0 Å². The zero-order valence-corrected chi connectivity index (χ0v) is 17.8. The van der Waals surface area contributed by atoms with E-state index < -0.39 is 42.0 Å². The topological polar surface area (TPSA) is 106 Å². The Morgan fingerprint density at radius 1 is 1.29 bits per heavy atom. The highest BCUT2D eigenvalue weighted by molar-refractivity contribution is 5.86. The number of fused-ring (bicyclic) bond motifs is 1. The largest absolute Gasteiger partial charge is 0.486 e. The maximum Gasteiger partial charge on any atom is 0.427 e. The van der Waals surface area contributed by atoms with Gasteiger partial charge in [-0.25, -0.2) is 4.79 Å². The fraction of sp³-hybridized carbons (Fsp3) is 0.600. The lowest BCUT2D eigenvalue weighted by Gasteiger charge is -2.33. The molecule has 0 fully saturated rings. The van der Waals surface area contributed by atoms with Crippen molar-refractivity contribution in [2.45, 2.75) is 52.0 Å². The number of esters is 1. The van der Waals surface area contributed by atoms with Crippen molar-refractivity contribution in [3.8, 4) is 5.75 Å². The van der Waals surface area contributed by atoms with Crippen LogP contribution in [0.1, 0.15) is 34.1 Å². The summed E-state index contributed by atoms with van der Waals surface area (Å²) in [6, 6.07) is 4.46. The van der Waals surface area contributed by atoms with Crippen LogP contribution in [0.5, 0.6) is 5.75 Å². The molecule has 8 nitrogen and oxygen atoms in total. The average Bonchev–Trinajstić information content (AvgIpc) is 2.66. The van der Waals surface area contributed by atoms with Gasteiger partial charge in [0.15, 0.2) is 0 Å². The third-order valence-corrected chi connectivity index (χ3v) is 4.87. The zero-order chi connectivity index (χ0) is 23.4. The predicted octanol–water partition coefficient (Wildman–Crippen LogP) is 3.70. The molecule has 31 heavy (non-hydrogen) atoms. The van der Waals surface area contributed by atoms with E-state index in [1.54, 1.807) is 13.8 Å². The van der Waals surface area contributed by atoms with E-state index in [0.29, 0.717) is 18.0 Å². The number of carbonyl (C=O) groups excluding carboxylic acids is 2. The van der Waals surface area contributed by atoms with Crippen molar-refractivity contribution in [2.24, 2.45) is 5.41 Å². The number of nitrogens with one attached hydrogen (secondary N) is 2. The minimum absolute atomic E-state index is 0.194. The van der Waals surface area contributed by atoms with E-state index in [0.717, 1.165) is 13.8 Å². The van der Waals surface area contributed by atoms with Gasteiger partial charge < -0.3 is 24.6 Å². The van der Waals surface area contributed by atoms with Crippen LogP contribution >= 0.6 is 0 Å². The van der Waals surface area contributed by atoms with E-state index in [9.17, 15) is 27.9 Å². The molecule has 174 valence electrons. The summed E-state index contributed by atoms with van der Waals surface area (Å²) in [7, 11) is 0. The Labute approximate surface area is 178 Å². The van der Waals surface area contributed by atoms with Gasteiger partial charge in [0.05, 0.1) is 30.9 Å². The van der Waals surface area contributed by atoms with Crippen LogP contribution < -0.4 is 15.4 Å². The quantitative estimate of drug-likeness (QED) is 0.546. The number of benzene rings is 1. The molecule has 0 aromatic heterocycles. The third-order valence-electron chi connectivity index (χ3n) is 4.87. The molecule has 0 unspecified atom stereocenters. The molecule has 1 aromatic carbocycles. The minimum Gasteiger partial charge on any atom is -0.486 e. The molecule has 3 N–H and O–H groups in total. The number of ether oxygens (including phenoxy) is 3. The van der Waals surface area contributed by atoms with Crippen molar-refractivity contribution in [1.29, 1.82) is 0 Å². The first-order valence-corrected chi connectivity index (χ1v) is 9.70. The van der Waals surface area contributed by atoms with Gasteiger partial charge in [-0.1, -0.05) is 0 Å². The van der Waals surface area contributed by atoms with Crippen molar-refractivity contribution in [2.75, 3.05) is 30.4 Å². The van der Waals surface area contributed by atoms with Gasteiger partial charge in [-0.15, -0.1) is 0 Å². The molecule has 0 aliphatic carbocycles. The number of halogens is 3. The maximum atomic E-state index is 12.9. The molecule has 0 saturated heterocycles. The molecule has 1 aliphatic heterocycles. The summed E-state index contributed by atoms with van der Waals surface area (Å²) < 4.78 is 53.9. The van der Waals surface area contributed by atoms with Gasteiger partial charge in [0, 0.05) is 12.1 Å². The minimum atomic E-state index is -4.71. The number of aliphatic hydroxyl groups excluding tert-OH is 1. The molecule has 2 rings (SSSR count). The van der Waals surface area contributed by atoms with Crippen molar-refractivity contribution in [3.05, 3.63) is 18.2 Å². The van der Waals surface area contributed by atoms with Crippen LogP contribution in [0.3, 0.4) is 0 Å². The summed E-state index contributed by atoms with van der Waals surface area (Å²) in [5.41, 5.74) is -3.05. The number of alkyl halides is 3. The Morgan fingerprint density at radius 3 is 2.55 bits per heavy atom. The maximum absolute atomic E-state index is 12.9. The Bertz CT molecular complexity index is 815. The second kappa shape index (κ2) is 9.21. The zero-order valence-electron chi connectivity index (χ0n) is 17.8. The molecule has 11 heteroatoms. The number of hydrogen-bond acceptors (Lipinski definition) is 7. The predicted molar refractivity (Wildman–Crippen MR) is 106 cm³/mol. The average molecular weight is 448 g/mol. The molecule has 0 spiro atoms. The molecule has 0 saturated carbocycles. The normalized spacial score (nSPS) is 18.0. The number of aliphatic hydroxyl groups is 1. The molecular formula is C20H27F3N2O6. The Hall–Kier alpha value is -2.69. The molecule has 1 aliphatic rings. The van der Waals surface area contributed by atoms with Crippen LogP contribution in [0.4, 0.5) is 29.3 Å². The van der Waals surface area contributed by atoms with Gasteiger partial charge in [0.2, 0.25) is 5.60 Å². The highest BCUT2D eigenvalue weighted by atomic mass is 19.4. The van der Waals surface area contributed by atoms with Gasteiger partial charge in [0.1, 0.15) is 11.9 Å².